The lowest BCUT2D eigenvalue weighted by Crippen LogP contribution is -2.11. The van der Waals surface area contributed by atoms with E-state index >= 15 is 0 Å². The van der Waals surface area contributed by atoms with Crippen LogP contribution in [-0.2, 0) is 0 Å². The minimum Gasteiger partial charge on any atom is -0.204 e. The van der Waals surface area contributed by atoms with Crippen LogP contribution in [0.2, 0.25) is 0 Å². The normalized spacial score (nSPS) is 10.0. The van der Waals surface area contributed by atoms with Gasteiger partial charge in [0.1, 0.15) is 7.85 Å². The Hall–Kier alpha value is -2.86. The monoisotopic (exact) mass is 300 g/mol. The minimum absolute atomic E-state index is 0.0103. The molecule has 2 radical (unpaired) electrons. The van der Waals surface area contributed by atoms with Crippen LogP contribution in [0, 0.1) is 23.5 Å². The molecule has 0 aromatic heterocycles. The molecule has 3 aromatic carbocycles. The Morgan fingerprint density at radius 1 is 0.652 bits per heavy atom. The molecule has 0 unspecified atom stereocenters. The van der Waals surface area contributed by atoms with Crippen LogP contribution in [0.25, 0.3) is 11.1 Å². The highest BCUT2D eigenvalue weighted by Crippen LogP contribution is 2.19. The van der Waals surface area contributed by atoms with E-state index in [0.717, 1.165) is 16.7 Å². The van der Waals surface area contributed by atoms with E-state index in [-0.39, 0.29) is 11.0 Å². The largest absolute Gasteiger partial charge is 0.204 e. The van der Waals surface area contributed by atoms with Gasteiger partial charge in [0.15, 0.2) is 11.6 Å². The SMILES string of the molecule is [B]c1ccc(C#Cc2ccc(-c3ccccc3)cc2)c(F)c1F. The first kappa shape index (κ1) is 15.1. The second kappa shape index (κ2) is 6.50. The van der Waals surface area contributed by atoms with Crippen molar-refractivity contribution in [2.24, 2.45) is 0 Å². The zero-order chi connectivity index (χ0) is 16.2. The smallest absolute Gasteiger partial charge is 0.173 e. The van der Waals surface area contributed by atoms with Gasteiger partial charge in [-0.25, -0.2) is 8.78 Å². The lowest BCUT2D eigenvalue weighted by Gasteiger charge is -2.01. The van der Waals surface area contributed by atoms with Crippen LogP contribution >= 0.6 is 0 Å². The molecule has 0 fully saturated rings. The van der Waals surface area contributed by atoms with Gasteiger partial charge >= 0.3 is 0 Å². The third-order valence-electron chi connectivity index (χ3n) is 3.45. The van der Waals surface area contributed by atoms with E-state index in [1.54, 1.807) is 0 Å². The van der Waals surface area contributed by atoms with Crippen molar-refractivity contribution < 1.29 is 8.78 Å². The molecule has 0 aliphatic heterocycles. The summed E-state index contributed by atoms with van der Waals surface area (Å²) in [5.41, 5.74) is 2.67. The molecule has 0 nitrogen and oxygen atoms in total. The van der Waals surface area contributed by atoms with Gasteiger partial charge in [-0.15, -0.1) is 0 Å². The fraction of sp³-hybridized carbons (Fsp3) is 0. The molecular weight excluding hydrogens is 289 g/mol. The van der Waals surface area contributed by atoms with Gasteiger partial charge in [-0.2, -0.15) is 0 Å². The van der Waals surface area contributed by atoms with Gasteiger partial charge < -0.3 is 0 Å². The Labute approximate surface area is 135 Å². The number of halogens is 2. The standard InChI is InChI=1S/C20H11BF2/c21-18-13-12-17(19(22)20(18)23)11-8-14-6-9-16(10-7-14)15-4-2-1-3-5-15/h1-7,9-10,12-13H. The summed E-state index contributed by atoms with van der Waals surface area (Å²) < 4.78 is 27.1. The fourth-order valence-corrected chi connectivity index (χ4v) is 2.18. The second-order valence-corrected chi connectivity index (χ2v) is 5.02. The molecule has 0 amide bonds. The Morgan fingerprint density at radius 3 is 2.00 bits per heavy atom. The molecule has 108 valence electrons. The zero-order valence-electron chi connectivity index (χ0n) is 12.2. The molecular formula is C20H11BF2. The highest BCUT2D eigenvalue weighted by Gasteiger charge is 2.08. The average Bonchev–Trinajstić information content (AvgIpc) is 2.60. The number of hydrogen-bond acceptors (Lipinski definition) is 0. The number of rotatable bonds is 1. The molecule has 0 aliphatic carbocycles. The Morgan fingerprint density at radius 2 is 1.30 bits per heavy atom. The van der Waals surface area contributed by atoms with E-state index in [9.17, 15) is 8.78 Å². The maximum Gasteiger partial charge on any atom is 0.173 e. The molecule has 0 saturated heterocycles. The highest BCUT2D eigenvalue weighted by molar-refractivity contribution is 6.32. The van der Waals surface area contributed by atoms with Gasteiger partial charge in [0.2, 0.25) is 0 Å². The van der Waals surface area contributed by atoms with E-state index in [0.29, 0.717) is 0 Å². The first-order valence-corrected chi connectivity index (χ1v) is 7.06. The van der Waals surface area contributed by atoms with Crippen molar-refractivity contribution in [3.63, 3.8) is 0 Å². The summed E-state index contributed by atoms with van der Waals surface area (Å²) in [6.45, 7) is 0. The third-order valence-corrected chi connectivity index (χ3v) is 3.45. The quantitative estimate of drug-likeness (QED) is 0.473. The molecule has 23 heavy (non-hydrogen) atoms. The summed E-state index contributed by atoms with van der Waals surface area (Å²) in [6.07, 6.45) is 0. The van der Waals surface area contributed by atoms with Crippen molar-refractivity contribution in [1.29, 1.82) is 0 Å². The van der Waals surface area contributed by atoms with Crippen LogP contribution < -0.4 is 5.46 Å². The molecule has 0 heterocycles. The molecule has 0 aliphatic rings. The molecule has 0 saturated carbocycles. The summed E-state index contributed by atoms with van der Waals surface area (Å²) in [6, 6.07) is 20.2. The minimum atomic E-state index is -1.06. The molecule has 3 heteroatoms. The van der Waals surface area contributed by atoms with Crippen LogP contribution in [-0.4, -0.2) is 7.85 Å². The average molecular weight is 300 g/mol. The fourth-order valence-electron chi connectivity index (χ4n) is 2.18. The van der Waals surface area contributed by atoms with Gasteiger partial charge in [-0.05, 0) is 29.3 Å². The predicted molar refractivity (Wildman–Crippen MR) is 89.6 cm³/mol. The maximum atomic E-state index is 13.7. The Bertz CT molecular complexity index is 889. The van der Waals surface area contributed by atoms with Crippen LogP contribution in [0.3, 0.4) is 0 Å². The summed E-state index contributed by atoms with van der Waals surface area (Å²) in [5.74, 6) is 3.39. The summed E-state index contributed by atoms with van der Waals surface area (Å²) in [4.78, 5) is 0. The van der Waals surface area contributed by atoms with Gasteiger partial charge in [0.25, 0.3) is 0 Å². The van der Waals surface area contributed by atoms with Crippen molar-refractivity contribution in [2.45, 2.75) is 0 Å². The summed E-state index contributed by atoms with van der Waals surface area (Å²) in [7, 11) is 5.31. The lowest BCUT2D eigenvalue weighted by molar-refractivity contribution is 0.512. The van der Waals surface area contributed by atoms with Crippen molar-refractivity contribution in [3.05, 3.63) is 89.5 Å². The topological polar surface area (TPSA) is 0 Å². The van der Waals surface area contributed by atoms with Crippen molar-refractivity contribution >= 4 is 13.3 Å². The summed E-state index contributed by atoms with van der Waals surface area (Å²) >= 11 is 0. The second-order valence-electron chi connectivity index (χ2n) is 5.02. The van der Waals surface area contributed by atoms with Gasteiger partial charge in [0.05, 0.1) is 5.56 Å². The predicted octanol–water partition coefficient (Wildman–Crippen LogP) is 3.83. The molecule has 0 bridgehead atoms. The van der Waals surface area contributed by atoms with Crippen LogP contribution in [0.4, 0.5) is 8.78 Å². The molecule has 0 N–H and O–H groups in total. The Kier molecular flexibility index (Phi) is 4.25. The van der Waals surface area contributed by atoms with E-state index in [1.165, 1.54) is 12.1 Å². The number of benzene rings is 3. The van der Waals surface area contributed by atoms with Crippen LogP contribution in [0.5, 0.6) is 0 Å². The van der Waals surface area contributed by atoms with E-state index in [2.05, 4.69) is 11.8 Å². The first-order valence-electron chi connectivity index (χ1n) is 7.06. The van der Waals surface area contributed by atoms with Crippen molar-refractivity contribution in [1.82, 2.24) is 0 Å². The molecule has 0 spiro atoms. The molecule has 3 rings (SSSR count). The van der Waals surface area contributed by atoms with E-state index in [1.807, 2.05) is 54.6 Å². The molecule has 0 atom stereocenters. The summed E-state index contributed by atoms with van der Waals surface area (Å²) in [5, 5.41) is 0. The van der Waals surface area contributed by atoms with E-state index < -0.39 is 11.6 Å². The first-order chi connectivity index (χ1) is 11.1. The van der Waals surface area contributed by atoms with Crippen LogP contribution in [0.1, 0.15) is 11.1 Å². The zero-order valence-corrected chi connectivity index (χ0v) is 12.2. The van der Waals surface area contributed by atoms with Crippen LogP contribution in [0.15, 0.2) is 66.7 Å². The maximum absolute atomic E-state index is 13.7. The van der Waals surface area contributed by atoms with Gasteiger partial charge in [-0.1, -0.05) is 65.8 Å². The Balaban J connectivity index is 1.87. The van der Waals surface area contributed by atoms with Gasteiger partial charge in [-0.3, -0.25) is 0 Å². The van der Waals surface area contributed by atoms with E-state index in [4.69, 9.17) is 7.85 Å². The third kappa shape index (κ3) is 3.32. The highest BCUT2D eigenvalue weighted by atomic mass is 19.2. The lowest BCUT2D eigenvalue weighted by atomic mass is 9.94. The van der Waals surface area contributed by atoms with Gasteiger partial charge in [0, 0.05) is 5.56 Å². The van der Waals surface area contributed by atoms with Crippen molar-refractivity contribution in [2.75, 3.05) is 0 Å². The molecule has 3 aromatic rings. The van der Waals surface area contributed by atoms with Crippen molar-refractivity contribution in [3.8, 4) is 23.0 Å². The number of hydrogen-bond donors (Lipinski definition) is 0.